The molecule has 1 fully saturated rings. The predicted molar refractivity (Wildman–Crippen MR) is 104 cm³/mol. The Morgan fingerprint density at radius 1 is 1.15 bits per heavy atom. The van der Waals surface area contributed by atoms with E-state index >= 15 is 0 Å². The zero-order valence-electron chi connectivity index (χ0n) is 16.5. The largest absolute Gasteiger partial charge is 0.493 e. The second-order valence-corrected chi connectivity index (χ2v) is 6.82. The summed E-state index contributed by atoms with van der Waals surface area (Å²) in [5, 5.41) is 0. The minimum atomic E-state index is 0.275. The van der Waals surface area contributed by atoms with Crippen LogP contribution in [0, 0.1) is 0 Å². The topological polar surface area (TPSA) is 56.7 Å². The fourth-order valence-corrected chi connectivity index (χ4v) is 3.48. The van der Waals surface area contributed by atoms with Crippen molar-refractivity contribution in [2.24, 2.45) is 0 Å². The first-order chi connectivity index (χ1) is 13.2. The Kier molecular flexibility index (Phi) is 7.01. The van der Waals surface area contributed by atoms with Crippen LogP contribution in [0.2, 0.25) is 0 Å². The number of methoxy groups -OCH3 is 2. The highest BCUT2D eigenvalue weighted by Crippen LogP contribution is 2.32. The summed E-state index contributed by atoms with van der Waals surface area (Å²) >= 11 is 0. The fraction of sp³-hybridized carbons (Fsp3) is 0.524. The van der Waals surface area contributed by atoms with E-state index in [1.807, 2.05) is 24.5 Å². The van der Waals surface area contributed by atoms with Gasteiger partial charge in [0.2, 0.25) is 0 Å². The Morgan fingerprint density at radius 2 is 1.96 bits per heavy atom. The summed E-state index contributed by atoms with van der Waals surface area (Å²) in [6.45, 7) is 5.30. The van der Waals surface area contributed by atoms with Crippen LogP contribution in [-0.2, 0) is 24.2 Å². The van der Waals surface area contributed by atoms with Gasteiger partial charge in [0.05, 0.1) is 20.3 Å². The molecule has 1 aromatic carbocycles. The maximum Gasteiger partial charge on any atom is 0.165 e. The average molecular weight is 371 g/mol. The standard InChI is InChI=1S/C21H29N3O3/c1-4-20-22-11-16(12-23-20)13-24(15-18-8-6-10-27-18)14-17-7-5-9-19(25-2)21(17)26-3/h5,7,9,11-12,18H,4,6,8,10,13-15H2,1-3H3. The number of para-hydroxylation sites is 1. The monoisotopic (exact) mass is 371 g/mol. The molecule has 1 atom stereocenters. The van der Waals surface area contributed by atoms with E-state index < -0.39 is 0 Å². The second-order valence-electron chi connectivity index (χ2n) is 6.82. The van der Waals surface area contributed by atoms with Gasteiger partial charge in [0.1, 0.15) is 5.82 Å². The molecule has 0 aliphatic carbocycles. The van der Waals surface area contributed by atoms with Gasteiger partial charge in [-0.05, 0) is 18.9 Å². The van der Waals surface area contributed by atoms with Gasteiger partial charge in [0.15, 0.2) is 11.5 Å². The zero-order valence-corrected chi connectivity index (χ0v) is 16.5. The van der Waals surface area contributed by atoms with E-state index in [1.165, 1.54) is 0 Å². The number of hydrogen-bond donors (Lipinski definition) is 0. The Morgan fingerprint density at radius 3 is 2.59 bits per heavy atom. The summed E-state index contributed by atoms with van der Waals surface area (Å²) in [6.07, 6.45) is 7.22. The molecular weight excluding hydrogens is 342 g/mol. The summed E-state index contributed by atoms with van der Waals surface area (Å²) in [4.78, 5) is 11.2. The molecule has 146 valence electrons. The number of rotatable bonds is 9. The molecule has 1 unspecified atom stereocenters. The molecule has 0 N–H and O–H groups in total. The van der Waals surface area contributed by atoms with Crippen molar-refractivity contribution in [1.29, 1.82) is 0 Å². The first-order valence-electron chi connectivity index (χ1n) is 9.57. The summed E-state index contributed by atoms with van der Waals surface area (Å²) in [6, 6.07) is 6.00. The van der Waals surface area contributed by atoms with Crippen LogP contribution in [-0.4, -0.2) is 48.3 Å². The third-order valence-corrected chi connectivity index (χ3v) is 4.85. The first-order valence-corrected chi connectivity index (χ1v) is 9.57. The van der Waals surface area contributed by atoms with E-state index in [2.05, 4.69) is 27.9 Å². The van der Waals surface area contributed by atoms with Crippen LogP contribution in [0.1, 0.15) is 36.7 Å². The molecule has 0 spiro atoms. The molecule has 1 aliphatic rings. The van der Waals surface area contributed by atoms with Crippen molar-refractivity contribution >= 4 is 0 Å². The maximum absolute atomic E-state index is 5.87. The van der Waals surface area contributed by atoms with Gasteiger partial charge in [0.25, 0.3) is 0 Å². The lowest BCUT2D eigenvalue weighted by Crippen LogP contribution is -2.31. The molecule has 3 rings (SSSR count). The van der Waals surface area contributed by atoms with Gasteiger partial charge < -0.3 is 14.2 Å². The molecular formula is C21H29N3O3. The highest BCUT2D eigenvalue weighted by Gasteiger charge is 2.21. The van der Waals surface area contributed by atoms with Gasteiger partial charge in [-0.2, -0.15) is 0 Å². The van der Waals surface area contributed by atoms with E-state index in [0.717, 1.165) is 74.0 Å². The van der Waals surface area contributed by atoms with Crippen LogP contribution in [0.25, 0.3) is 0 Å². The third-order valence-electron chi connectivity index (χ3n) is 4.85. The molecule has 0 radical (unpaired) electrons. The molecule has 0 amide bonds. The third kappa shape index (κ3) is 5.17. The smallest absolute Gasteiger partial charge is 0.165 e. The van der Waals surface area contributed by atoms with Gasteiger partial charge in [-0.15, -0.1) is 0 Å². The van der Waals surface area contributed by atoms with E-state index in [0.29, 0.717) is 0 Å². The maximum atomic E-state index is 5.87. The predicted octanol–water partition coefficient (Wildman–Crippen LogP) is 3.24. The SMILES string of the molecule is CCc1ncc(CN(Cc2cccc(OC)c2OC)CC2CCCO2)cn1. The van der Waals surface area contributed by atoms with Crippen LogP contribution in [0.4, 0.5) is 0 Å². The van der Waals surface area contributed by atoms with E-state index in [1.54, 1.807) is 14.2 Å². The minimum absolute atomic E-state index is 0.275. The molecule has 2 aromatic rings. The summed E-state index contributed by atoms with van der Waals surface area (Å²) in [7, 11) is 3.35. The average Bonchev–Trinajstić information content (AvgIpc) is 3.21. The van der Waals surface area contributed by atoms with Gasteiger partial charge in [-0.3, -0.25) is 4.90 Å². The molecule has 1 saturated heterocycles. The Bertz CT molecular complexity index is 715. The van der Waals surface area contributed by atoms with Gasteiger partial charge in [0, 0.05) is 56.2 Å². The minimum Gasteiger partial charge on any atom is -0.493 e. The summed E-state index contributed by atoms with van der Waals surface area (Å²) < 4.78 is 16.9. The highest BCUT2D eigenvalue weighted by molar-refractivity contribution is 5.46. The van der Waals surface area contributed by atoms with Gasteiger partial charge >= 0.3 is 0 Å². The van der Waals surface area contributed by atoms with E-state index in [-0.39, 0.29) is 6.10 Å². The van der Waals surface area contributed by atoms with Gasteiger partial charge in [-0.1, -0.05) is 19.1 Å². The number of aromatic nitrogens is 2. The van der Waals surface area contributed by atoms with Crippen LogP contribution in [0.15, 0.2) is 30.6 Å². The molecule has 2 heterocycles. The summed E-state index contributed by atoms with van der Waals surface area (Å²) in [5.74, 6) is 2.41. The molecule has 6 heteroatoms. The molecule has 27 heavy (non-hydrogen) atoms. The summed E-state index contributed by atoms with van der Waals surface area (Å²) in [5.41, 5.74) is 2.20. The Balaban J connectivity index is 1.78. The lowest BCUT2D eigenvalue weighted by molar-refractivity contribution is 0.0675. The second kappa shape index (κ2) is 9.67. The van der Waals surface area contributed by atoms with Crippen molar-refractivity contribution in [3.05, 3.63) is 47.5 Å². The molecule has 0 saturated carbocycles. The molecule has 6 nitrogen and oxygen atoms in total. The molecule has 1 aromatic heterocycles. The first kappa shape index (κ1) is 19.6. The highest BCUT2D eigenvalue weighted by atomic mass is 16.5. The fourth-order valence-electron chi connectivity index (χ4n) is 3.48. The number of benzene rings is 1. The lowest BCUT2D eigenvalue weighted by Gasteiger charge is -2.26. The number of nitrogens with zero attached hydrogens (tertiary/aromatic N) is 3. The van der Waals surface area contributed by atoms with Crippen molar-refractivity contribution in [1.82, 2.24) is 14.9 Å². The zero-order chi connectivity index (χ0) is 19.1. The van der Waals surface area contributed by atoms with Crippen LogP contribution in [0.5, 0.6) is 11.5 Å². The number of ether oxygens (including phenoxy) is 3. The van der Waals surface area contributed by atoms with Crippen molar-refractivity contribution in [2.75, 3.05) is 27.4 Å². The van der Waals surface area contributed by atoms with E-state index in [4.69, 9.17) is 14.2 Å². The van der Waals surface area contributed by atoms with Crippen molar-refractivity contribution in [3.8, 4) is 11.5 Å². The van der Waals surface area contributed by atoms with Crippen molar-refractivity contribution < 1.29 is 14.2 Å². The van der Waals surface area contributed by atoms with Crippen molar-refractivity contribution in [2.45, 2.75) is 45.4 Å². The molecule has 0 bridgehead atoms. The van der Waals surface area contributed by atoms with Crippen LogP contribution >= 0.6 is 0 Å². The Hall–Kier alpha value is -2.18. The van der Waals surface area contributed by atoms with Crippen LogP contribution in [0.3, 0.4) is 0 Å². The van der Waals surface area contributed by atoms with Gasteiger partial charge in [-0.25, -0.2) is 9.97 Å². The quantitative estimate of drug-likeness (QED) is 0.674. The number of hydrogen-bond acceptors (Lipinski definition) is 6. The number of aryl methyl sites for hydroxylation is 1. The van der Waals surface area contributed by atoms with Crippen molar-refractivity contribution in [3.63, 3.8) is 0 Å². The normalized spacial score (nSPS) is 16.7. The Labute approximate surface area is 161 Å². The van der Waals surface area contributed by atoms with Crippen LogP contribution < -0.4 is 9.47 Å². The lowest BCUT2D eigenvalue weighted by atomic mass is 10.1. The molecule has 1 aliphatic heterocycles. The van der Waals surface area contributed by atoms with E-state index in [9.17, 15) is 0 Å².